The maximum atomic E-state index is 13.1. The van der Waals surface area contributed by atoms with Crippen molar-refractivity contribution in [2.45, 2.75) is 270 Å². The van der Waals surface area contributed by atoms with E-state index in [0.717, 1.165) is 70.6 Å². The summed E-state index contributed by atoms with van der Waals surface area (Å²) in [5.74, 6) is -0.482. The minimum atomic E-state index is -0.786. The molecule has 3 N–H and O–H groups in total. The first-order valence-electron chi connectivity index (χ1n) is 24.1. The van der Waals surface area contributed by atoms with Crippen molar-refractivity contribution in [1.29, 1.82) is 0 Å². The van der Waals surface area contributed by atoms with Gasteiger partial charge in [0.05, 0.1) is 25.2 Å². The van der Waals surface area contributed by atoms with Gasteiger partial charge in [-0.1, -0.05) is 212 Å². The van der Waals surface area contributed by atoms with Crippen LogP contribution in [0.2, 0.25) is 0 Å². The summed E-state index contributed by atoms with van der Waals surface area (Å²) in [5, 5.41) is 23.7. The van der Waals surface area contributed by atoms with E-state index in [1.807, 2.05) is 0 Å². The van der Waals surface area contributed by atoms with E-state index in [-0.39, 0.29) is 24.9 Å². The van der Waals surface area contributed by atoms with E-state index in [9.17, 15) is 19.8 Å². The second kappa shape index (κ2) is 43.5. The summed E-state index contributed by atoms with van der Waals surface area (Å²) in [7, 11) is 0. The molecule has 0 aliphatic carbocycles. The van der Waals surface area contributed by atoms with Crippen molar-refractivity contribution in [2.75, 3.05) is 6.61 Å². The molecule has 0 aromatic rings. The predicted octanol–water partition coefficient (Wildman–Crippen LogP) is 14.0. The molecular weight excluding hydrogens is 683 g/mol. The maximum absolute atomic E-state index is 13.1. The van der Waals surface area contributed by atoms with Gasteiger partial charge in [0.2, 0.25) is 5.91 Å². The number of aliphatic hydroxyl groups is 2. The lowest BCUT2D eigenvalue weighted by molar-refractivity contribution is -0.151. The molecule has 0 aliphatic rings. The minimum Gasteiger partial charge on any atom is -0.462 e. The average molecular weight is 776 g/mol. The number of allylic oxidation sites excluding steroid dienone is 4. The Hall–Kier alpha value is -1.66. The topological polar surface area (TPSA) is 95.9 Å². The summed E-state index contributed by atoms with van der Waals surface area (Å²) in [5.41, 5.74) is 0. The second-order valence-corrected chi connectivity index (χ2v) is 16.5. The number of amides is 1. The van der Waals surface area contributed by atoms with Gasteiger partial charge in [-0.3, -0.25) is 9.59 Å². The van der Waals surface area contributed by atoms with E-state index in [2.05, 4.69) is 50.4 Å². The standard InChI is InChI=1S/C49H93NO5/c1-4-7-10-13-16-19-21-23-24-25-27-30-32-35-38-41-47(52)46(44-51)50-48(53)43-45(40-37-34-31-29-26-22-20-17-14-11-8-5-2)55-49(54)42-39-36-33-28-18-15-12-9-6-3/h8,11,17,20,45-47,51-52H,4-7,9-10,12-16,18-19,21-44H2,1-3H3,(H,50,53)/b11-8+,20-17+. The Kier molecular flexibility index (Phi) is 42.2. The van der Waals surface area contributed by atoms with Gasteiger partial charge in [0.25, 0.3) is 0 Å². The number of nitrogens with one attached hydrogen (secondary N) is 1. The molecule has 0 radical (unpaired) electrons. The van der Waals surface area contributed by atoms with Crippen LogP contribution in [0.3, 0.4) is 0 Å². The Balaban J connectivity index is 4.50. The molecule has 324 valence electrons. The second-order valence-electron chi connectivity index (χ2n) is 16.5. The van der Waals surface area contributed by atoms with Crippen LogP contribution in [0, 0.1) is 0 Å². The lowest BCUT2D eigenvalue weighted by atomic mass is 10.0. The van der Waals surface area contributed by atoms with Gasteiger partial charge in [-0.05, 0) is 51.4 Å². The fourth-order valence-corrected chi connectivity index (χ4v) is 7.41. The van der Waals surface area contributed by atoms with Crippen LogP contribution in [-0.2, 0) is 14.3 Å². The van der Waals surface area contributed by atoms with E-state index in [4.69, 9.17) is 4.74 Å². The molecule has 0 saturated carbocycles. The quantitative estimate of drug-likeness (QED) is 0.0326. The SMILES string of the molecule is CC/C=C/C/C=C/CCCCCCCC(CC(=O)NC(CO)C(O)CCCCCCCCCCCCCCCCC)OC(=O)CCCCCCCCCCC. The fourth-order valence-electron chi connectivity index (χ4n) is 7.41. The number of carbonyl (C=O) groups excluding carboxylic acids is 2. The number of carbonyl (C=O) groups is 2. The van der Waals surface area contributed by atoms with Gasteiger partial charge < -0.3 is 20.3 Å². The third-order valence-corrected chi connectivity index (χ3v) is 11.0. The van der Waals surface area contributed by atoms with Gasteiger partial charge in [-0.15, -0.1) is 0 Å². The van der Waals surface area contributed by atoms with Gasteiger partial charge in [0.1, 0.15) is 6.10 Å². The van der Waals surface area contributed by atoms with Crippen LogP contribution in [0.4, 0.5) is 0 Å². The molecule has 0 aromatic heterocycles. The molecule has 6 heteroatoms. The summed E-state index contributed by atoms with van der Waals surface area (Å²) in [6, 6.07) is -0.700. The van der Waals surface area contributed by atoms with Crippen molar-refractivity contribution >= 4 is 11.9 Å². The zero-order valence-electron chi connectivity index (χ0n) is 36.8. The van der Waals surface area contributed by atoms with Crippen LogP contribution < -0.4 is 5.32 Å². The van der Waals surface area contributed by atoms with Crippen LogP contribution >= 0.6 is 0 Å². The zero-order valence-corrected chi connectivity index (χ0v) is 36.8. The number of ether oxygens (including phenoxy) is 1. The minimum absolute atomic E-state index is 0.0724. The first-order valence-corrected chi connectivity index (χ1v) is 24.1. The van der Waals surface area contributed by atoms with Gasteiger partial charge in [0, 0.05) is 6.42 Å². The maximum Gasteiger partial charge on any atom is 0.306 e. The number of unbranched alkanes of at least 4 members (excludes halogenated alkanes) is 27. The Bertz CT molecular complexity index is 873. The van der Waals surface area contributed by atoms with Crippen molar-refractivity contribution in [1.82, 2.24) is 5.32 Å². The summed E-state index contributed by atoms with van der Waals surface area (Å²) in [6.07, 6.45) is 48.1. The summed E-state index contributed by atoms with van der Waals surface area (Å²) in [4.78, 5) is 26.0. The number of aliphatic hydroxyl groups excluding tert-OH is 2. The monoisotopic (exact) mass is 776 g/mol. The third kappa shape index (κ3) is 39.0. The molecule has 1 amide bonds. The third-order valence-electron chi connectivity index (χ3n) is 11.0. The highest BCUT2D eigenvalue weighted by molar-refractivity contribution is 5.77. The smallest absolute Gasteiger partial charge is 0.306 e. The van der Waals surface area contributed by atoms with E-state index < -0.39 is 18.2 Å². The Morgan fingerprint density at radius 3 is 1.47 bits per heavy atom. The molecule has 0 heterocycles. The highest BCUT2D eigenvalue weighted by Crippen LogP contribution is 2.18. The van der Waals surface area contributed by atoms with Crippen molar-refractivity contribution < 1.29 is 24.5 Å². The average Bonchev–Trinajstić information content (AvgIpc) is 3.18. The molecule has 55 heavy (non-hydrogen) atoms. The predicted molar refractivity (Wildman–Crippen MR) is 236 cm³/mol. The molecule has 0 saturated heterocycles. The van der Waals surface area contributed by atoms with Crippen LogP contribution in [0.1, 0.15) is 252 Å². The van der Waals surface area contributed by atoms with Crippen LogP contribution in [0.25, 0.3) is 0 Å². The van der Waals surface area contributed by atoms with Gasteiger partial charge in [0.15, 0.2) is 0 Å². The number of rotatable bonds is 43. The number of hydrogen-bond donors (Lipinski definition) is 3. The van der Waals surface area contributed by atoms with Crippen molar-refractivity contribution in [2.24, 2.45) is 0 Å². The van der Waals surface area contributed by atoms with Crippen LogP contribution in [-0.4, -0.2) is 46.9 Å². The summed E-state index contributed by atoms with van der Waals surface area (Å²) >= 11 is 0. The lowest BCUT2D eigenvalue weighted by Crippen LogP contribution is -2.46. The Morgan fingerprint density at radius 1 is 0.545 bits per heavy atom. The van der Waals surface area contributed by atoms with Gasteiger partial charge >= 0.3 is 5.97 Å². The van der Waals surface area contributed by atoms with E-state index >= 15 is 0 Å². The van der Waals surface area contributed by atoms with Gasteiger partial charge in [-0.25, -0.2) is 0 Å². The van der Waals surface area contributed by atoms with E-state index in [1.165, 1.54) is 135 Å². The van der Waals surface area contributed by atoms with E-state index in [1.54, 1.807) is 0 Å². The Morgan fingerprint density at radius 2 is 0.982 bits per heavy atom. The largest absolute Gasteiger partial charge is 0.462 e. The zero-order chi connectivity index (χ0) is 40.3. The molecule has 0 aliphatic heterocycles. The first kappa shape index (κ1) is 53.3. The highest BCUT2D eigenvalue weighted by Gasteiger charge is 2.24. The number of esters is 1. The fraction of sp³-hybridized carbons (Fsp3) is 0.878. The molecule has 3 atom stereocenters. The molecule has 0 aromatic carbocycles. The van der Waals surface area contributed by atoms with Crippen molar-refractivity contribution in [3.8, 4) is 0 Å². The van der Waals surface area contributed by atoms with Crippen LogP contribution in [0.15, 0.2) is 24.3 Å². The lowest BCUT2D eigenvalue weighted by Gasteiger charge is -2.24. The van der Waals surface area contributed by atoms with E-state index in [0.29, 0.717) is 19.3 Å². The van der Waals surface area contributed by atoms with Crippen molar-refractivity contribution in [3.63, 3.8) is 0 Å². The Labute approximate surface area is 341 Å². The first-order chi connectivity index (χ1) is 27.0. The number of hydrogen-bond acceptors (Lipinski definition) is 5. The highest BCUT2D eigenvalue weighted by atomic mass is 16.5. The molecule has 0 spiro atoms. The molecule has 0 bridgehead atoms. The molecule has 0 fully saturated rings. The molecule has 0 rings (SSSR count). The van der Waals surface area contributed by atoms with Crippen molar-refractivity contribution in [3.05, 3.63) is 24.3 Å². The van der Waals surface area contributed by atoms with Gasteiger partial charge in [-0.2, -0.15) is 0 Å². The normalized spacial score (nSPS) is 13.5. The van der Waals surface area contributed by atoms with Crippen LogP contribution in [0.5, 0.6) is 0 Å². The molecule has 3 unspecified atom stereocenters. The summed E-state index contributed by atoms with van der Waals surface area (Å²) in [6.45, 7) is 6.36. The molecule has 6 nitrogen and oxygen atoms in total. The summed E-state index contributed by atoms with van der Waals surface area (Å²) < 4.78 is 5.89. The molecular formula is C49H93NO5.